The third kappa shape index (κ3) is 69.6. The highest BCUT2D eigenvalue weighted by Gasteiger charge is 2.26. The van der Waals surface area contributed by atoms with E-state index in [9.17, 15) is 19.0 Å². The Morgan fingerprint density at radius 1 is 0.357 bits per heavy atom. The van der Waals surface area contributed by atoms with Crippen molar-refractivity contribution in [3.8, 4) is 0 Å². The molecular formula is C74H144NO8P. The fourth-order valence-corrected chi connectivity index (χ4v) is 12.3. The van der Waals surface area contributed by atoms with Crippen molar-refractivity contribution >= 4 is 19.8 Å². The third-order valence-electron chi connectivity index (χ3n) is 17.1. The van der Waals surface area contributed by atoms with Gasteiger partial charge in [0.05, 0.1) is 13.2 Å². The molecule has 0 aromatic rings. The van der Waals surface area contributed by atoms with Crippen molar-refractivity contribution in [3.63, 3.8) is 0 Å². The molecular weight excluding hydrogens is 1060 g/mol. The van der Waals surface area contributed by atoms with Crippen molar-refractivity contribution in [2.24, 2.45) is 5.73 Å². The number of allylic oxidation sites excluding steroid dienone is 4. The Balaban J connectivity index is 3.74. The minimum Gasteiger partial charge on any atom is -0.462 e. The fraction of sp³-hybridized carbons (Fsp3) is 0.919. The second-order valence-corrected chi connectivity index (χ2v) is 27.0. The van der Waals surface area contributed by atoms with E-state index in [4.69, 9.17) is 24.3 Å². The molecule has 0 bridgehead atoms. The monoisotopic (exact) mass is 1210 g/mol. The molecule has 9 nitrogen and oxygen atoms in total. The number of hydrogen-bond acceptors (Lipinski definition) is 8. The van der Waals surface area contributed by atoms with Crippen LogP contribution in [0.3, 0.4) is 0 Å². The second kappa shape index (κ2) is 70.6. The van der Waals surface area contributed by atoms with Gasteiger partial charge in [0, 0.05) is 19.4 Å². The zero-order chi connectivity index (χ0) is 60.9. The Hall–Kier alpha value is -1.51. The number of rotatable bonds is 72. The van der Waals surface area contributed by atoms with E-state index in [0.29, 0.717) is 6.42 Å². The van der Waals surface area contributed by atoms with Crippen LogP contribution in [0.2, 0.25) is 0 Å². The summed E-state index contributed by atoms with van der Waals surface area (Å²) in [4.78, 5) is 35.4. The molecule has 498 valence electrons. The molecule has 10 heteroatoms. The summed E-state index contributed by atoms with van der Waals surface area (Å²) in [5.41, 5.74) is 5.41. The first-order valence-corrected chi connectivity index (χ1v) is 38.8. The van der Waals surface area contributed by atoms with Crippen molar-refractivity contribution in [3.05, 3.63) is 24.3 Å². The molecule has 0 heterocycles. The third-order valence-corrected chi connectivity index (χ3v) is 18.1. The van der Waals surface area contributed by atoms with Crippen LogP contribution in [-0.4, -0.2) is 49.3 Å². The first-order chi connectivity index (χ1) is 41.3. The van der Waals surface area contributed by atoms with Crippen LogP contribution in [-0.2, 0) is 32.7 Å². The first kappa shape index (κ1) is 82.5. The van der Waals surface area contributed by atoms with E-state index in [1.54, 1.807) is 0 Å². The Morgan fingerprint density at radius 3 is 0.905 bits per heavy atom. The molecule has 0 aromatic heterocycles. The SMILES string of the molecule is CCCCCCC/C=C\C/C=C\CCCCCCCCCCCCCCCCCCCCCCCCCCCCCC(=O)OC(COC(=O)CCCCCCCCCCCCCCCCCCCCCCCCCC)COP(=O)(O)OCCN. The summed E-state index contributed by atoms with van der Waals surface area (Å²) in [6.45, 7) is 3.82. The van der Waals surface area contributed by atoms with Gasteiger partial charge in [0.15, 0.2) is 6.10 Å². The van der Waals surface area contributed by atoms with E-state index in [1.807, 2.05) is 0 Å². The van der Waals surface area contributed by atoms with E-state index in [0.717, 1.165) is 38.5 Å². The Morgan fingerprint density at radius 2 is 0.619 bits per heavy atom. The quantitative estimate of drug-likeness (QED) is 0.0264. The van der Waals surface area contributed by atoms with Crippen LogP contribution in [0.1, 0.15) is 406 Å². The zero-order valence-electron chi connectivity index (χ0n) is 56.2. The Kier molecular flexibility index (Phi) is 69.3. The molecule has 2 atom stereocenters. The zero-order valence-corrected chi connectivity index (χ0v) is 57.1. The molecule has 0 saturated heterocycles. The van der Waals surface area contributed by atoms with Gasteiger partial charge in [0.25, 0.3) is 0 Å². The summed E-state index contributed by atoms with van der Waals surface area (Å²) in [5.74, 6) is -0.799. The van der Waals surface area contributed by atoms with Gasteiger partial charge in [-0.3, -0.25) is 18.6 Å². The predicted molar refractivity (Wildman–Crippen MR) is 363 cm³/mol. The van der Waals surface area contributed by atoms with Gasteiger partial charge in [-0.2, -0.15) is 0 Å². The van der Waals surface area contributed by atoms with Crippen molar-refractivity contribution in [2.45, 2.75) is 412 Å². The molecule has 84 heavy (non-hydrogen) atoms. The number of carbonyl (C=O) groups is 2. The van der Waals surface area contributed by atoms with Gasteiger partial charge in [-0.1, -0.05) is 372 Å². The van der Waals surface area contributed by atoms with E-state index < -0.39 is 26.5 Å². The lowest BCUT2D eigenvalue weighted by atomic mass is 10.0. The average molecular weight is 1210 g/mol. The summed E-state index contributed by atoms with van der Waals surface area (Å²) >= 11 is 0. The van der Waals surface area contributed by atoms with E-state index in [2.05, 4.69) is 38.2 Å². The molecule has 0 radical (unpaired) electrons. The van der Waals surface area contributed by atoms with E-state index in [1.165, 1.54) is 334 Å². The Labute approximate surface area is 522 Å². The van der Waals surface area contributed by atoms with Crippen LogP contribution < -0.4 is 5.73 Å². The van der Waals surface area contributed by atoms with Gasteiger partial charge in [-0.05, 0) is 44.9 Å². The van der Waals surface area contributed by atoms with Crippen molar-refractivity contribution < 1.29 is 37.6 Å². The standard InChI is InChI=1S/C74H144NO8P/c1-3-5-7-9-11-13-15-17-19-21-23-25-27-29-30-31-32-33-34-35-36-37-38-39-40-41-42-43-45-47-49-51-53-55-57-59-61-63-65-67-74(77)83-72(71-82-84(78,79)81-69-68-75)70-80-73(76)66-64-62-60-58-56-54-52-50-48-46-44-28-26-24-22-20-18-16-14-12-10-8-6-4-2/h15,17,21,23,72H,3-14,16,18-20,22,24-71,75H2,1-2H3,(H,78,79)/b17-15-,23-21-. The second-order valence-electron chi connectivity index (χ2n) is 25.5. The molecule has 0 aromatic carbocycles. The lowest BCUT2D eigenvalue weighted by Crippen LogP contribution is -2.29. The molecule has 0 fully saturated rings. The van der Waals surface area contributed by atoms with E-state index >= 15 is 0 Å². The summed E-state index contributed by atoms with van der Waals surface area (Å²) in [6.07, 6.45) is 87.3. The van der Waals surface area contributed by atoms with Crippen LogP contribution in [0.5, 0.6) is 0 Å². The number of hydrogen-bond donors (Lipinski definition) is 2. The number of nitrogens with two attached hydrogens (primary N) is 1. The Bertz CT molecular complexity index is 1430. The highest BCUT2D eigenvalue weighted by molar-refractivity contribution is 7.47. The maximum absolute atomic E-state index is 12.8. The predicted octanol–water partition coefficient (Wildman–Crippen LogP) is 24.5. The maximum Gasteiger partial charge on any atom is 0.472 e. The number of esters is 2. The number of ether oxygens (including phenoxy) is 2. The molecule has 3 N–H and O–H groups in total. The van der Waals surface area contributed by atoms with Crippen LogP contribution in [0.25, 0.3) is 0 Å². The molecule has 0 rings (SSSR count). The molecule has 0 aliphatic rings. The van der Waals surface area contributed by atoms with Gasteiger partial charge in [0.1, 0.15) is 6.61 Å². The highest BCUT2D eigenvalue weighted by Crippen LogP contribution is 2.43. The van der Waals surface area contributed by atoms with Crippen molar-refractivity contribution in [1.29, 1.82) is 0 Å². The number of carbonyl (C=O) groups excluding carboxylic acids is 2. The molecule has 0 aliphatic carbocycles. The van der Waals surface area contributed by atoms with Crippen LogP contribution in [0, 0.1) is 0 Å². The lowest BCUT2D eigenvalue weighted by molar-refractivity contribution is -0.161. The minimum atomic E-state index is -4.39. The summed E-state index contributed by atoms with van der Waals surface area (Å²) in [5, 5.41) is 0. The fourth-order valence-electron chi connectivity index (χ4n) is 11.6. The van der Waals surface area contributed by atoms with Crippen LogP contribution >= 0.6 is 7.82 Å². The number of phosphoric acid groups is 1. The minimum absolute atomic E-state index is 0.0577. The molecule has 0 amide bonds. The van der Waals surface area contributed by atoms with Gasteiger partial charge in [0.2, 0.25) is 0 Å². The van der Waals surface area contributed by atoms with Crippen molar-refractivity contribution in [2.75, 3.05) is 26.4 Å². The summed E-state index contributed by atoms with van der Waals surface area (Å²) in [6, 6.07) is 0. The van der Waals surface area contributed by atoms with Crippen LogP contribution in [0.4, 0.5) is 0 Å². The normalized spacial score (nSPS) is 13.0. The number of phosphoric ester groups is 1. The smallest absolute Gasteiger partial charge is 0.462 e. The topological polar surface area (TPSA) is 134 Å². The van der Waals surface area contributed by atoms with E-state index in [-0.39, 0.29) is 38.6 Å². The molecule has 0 aliphatic heterocycles. The molecule has 2 unspecified atom stereocenters. The van der Waals surface area contributed by atoms with Gasteiger partial charge in [-0.25, -0.2) is 4.57 Å². The van der Waals surface area contributed by atoms with Crippen molar-refractivity contribution in [1.82, 2.24) is 0 Å². The van der Waals surface area contributed by atoms with Gasteiger partial charge >= 0.3 is 19.8 Å². The van der Waals surface area contributed by atoms with Gasteiger partial charge in [-0.15, -0.1) is 0 Å². The maximum atomic E-state index is 12.8. The van der Waals surface area contributed by atoms with Crippen LogP contribution in [0.15, 0.2) is 24.3 Å². The average Bonchev–Trinajstić information content (AvgIpc) is 3.58. The highest BCUT2D eigenvalue weighted by atomic mass is 31.2. The van der Waals surface area contributed by atoms with Gasteiger partial charge < -0.3 is 20.1 Å². The summed E-state index contributed by atoms with van der Waals surface area (Å²) < 4.78 is 33.2. The lowest BCUT2D eigenvalue weighted by Gasteiger charge is -2.19. The first-order valence-electron chi connectivity index (χ1n) is 37.3. The molecule has 0 spiro atoms. The number of unbranched alkanes of at least 4 members (excludes halogenated alkanes) is 55. The summed E-state index contributed by atoms with van der Waals surface area (Å²) in [7, 11) is -4.39. The molecule has 0 saturated carbocycles. The largest absolute Gasteiger partial charge is 0.472 e.